The molecular weight excluding hydrogens is 218 g/mol. The molecule has 18 heavy (non-hydrogen) atoms. The van der Waals surface area contributed by atoms with Gasteiger partial charge in [0.15, 0.2) is 0 Å². The van der Waals surface area contributed by atoms with Crippen LogP contribution < -0.4 is 0 Å². The van der Waals surface area contributed by atoms with E-state index in [4.69, 9.17) is 0 Å². The summed E-state index contributed by atoms with van der Waals surface area (Å²) < 4.78 is 0. The third-order valence-electron chi connectivity index (χ3n) is 4.82. The van der Waals surface area contributed by atoms with Crippen LogP contribution in [0.1, 0.15) is 42.7 Å². The Labute approximate surface area is 111 Å². The van der Waals surface area contributed by atoms with E-state index in [-0.39, 0.29) is 0 Å². The molecule has 1 unspecified atom stereocenters. The zero-order valence-electron chi connectivity index (χ0n) is 11.5. The molecule has 2 aliphatic carbocycles. The fourth-order valence-electron chi connectivity index (χ4n) is 3.67. The number of hydrogen-bond donors (Lipinski definition) is 0. The lowest BCUT2D eigenvalue weighted by Gasteiger charge is -2.35. The normalized spacial score (nSPS) is 30.7. The van der Waals surface area contributed by atoms with Crippen molar-refractivity contribution in [3.05, 3.63) is 41.5 Å². The van der Waals surface area contributed by atoms with Crippen LogP contribution in [0.25, 0.3) is 6.08 Å². The molecule has 0 spiro atoms. The van der Waals surface area contributed by atoms with E-state index in [2.05, 4.69) is 55.4 Å². The summed E-state index contributed by atoms with van der Waals surface area (Å²) in [7, 11) is 4.44. The summed E-state index contributed by atoms with van der Waals surface area (Å²) in [5, 5.41) is 0. The first-order valence-corrected chi connectivity index (χ1v) is 7.19. The van der Waals surface area contributed by atoms with Gasteiger partial charge in [-0.3, -0.25) is 0 Å². The minimum atomic E-state index is 0.685. The molecule has 0 bridgehead atoms. The standard InChI is InChI=1S/C17H23N/c1-18(2)15-10-7-14(8-11-15)17-12-9-13-5-3-4-6-16(13)17/h3-6,9,12,14-15,17H,7-8,10-11H2,1-2H3. The van der Waals surface area contributed by atoms with Gasteiger partial charge in [-0.05, 0) is 56.8 Å². The first-order valence-electron chi connectivity index (χ1n) is 7.19. The predicted molar refractivity (Wildman–Crippen MR) is 77.7 cm³/mol. The van der Waals surface area contributed by atoms with Gasteiger partial charge in [0.05, 0.1) is 0 Å². The van der Waals surface area contributed by atoms with Crippen LogP contribution in [0.2, 0.25) is 0 Å². The molecule has 0 saturated heterocycles. The van der Waals surface area contributed by atoms with Crippen molar-refractivity contribution < 1.29 is 0 Å². The highest BCUT2D eigenvalue weighted by molar-refractivity contribution is 5.62. The lowest BCUT2D eigenvalue weighted by atomic mass is 9.76. The van der Waals surface area contributed by atoms with E-state index in [0.717, 1.165) is 12.0 Å². The van der Waals surface area contributed by atoms with E-state index in [9.17, 15) is 0 Å². The van der Waals surface area contributed by atoms with Gasteiger partial charge in [0.1, 0.15) is 0 Å². The minimum Gasteiger partial charge on any atom is -0.306 e. The molecule has 0 radical (unpaired) electrons. The molecule has 0 aliphatic heterocycles. The number of benzene rings is 1. The highest BCUT2D eigenvalue weighted by Gasteiger charge is 2.30. The first kappa shape index (κ1) is 12.0. The molecule has 3 rings (SSSR count). The average Bonchev–Trinajstić information content (AvgIpc) is 2.82. The minimum absolute atomic E-state index is 0.685. The largest absolute Gasteiger partial charge is 0.306 e. The van der Waals surface area contributed by atoms with Gasteiger partial charge in [-0.2, -0.15) is 0 Å². The topological polar surface area (TPSA) is 3.24 Å². The Morgan fingerprint density at radius 1 is 1.00 bits per heavy atom. The zero-order chi connectivity index (χ0) is 12.5. The van der Waals surface area contributed by atoms with Gasteiger partial charge in [0.25, 0.3) is 0 Å². The number of hydrogen-bond acceptors (Lipinski definition) is 1. The van der Waals surface area contributed by atoms with Crippen LogP contribution in [0.3, 0.4) is 0 Å². The lowest BCUT2D eigenvalue weighted by molar-refractivity contribution is 0.187. The van der Waals surface area contributed by atoms with Gasteiger partial charge in [-0.1, -0.05) is 36.4 Å². The third kappa shape index (κ3) is 2.12. The Balaban J connectivity index is 1.70. The second-order valence-corrected chi connectivity index (χ2v) is 6.05. The molecule has 0 heterocycles. The molecule has 1 atom stereocenters. The molecule has 1 heteroatoms. The molecule has 1 aromatic rings. The molecule has 1 nitrogen and oxygen atoms in total. The van der Waals surface area contributed by atoms with E-state index < -0.39 is 0 Å². The van der Waals surface area contributed by atoms with Gasteiger partial charge in [-0.15, -0.1) is 0 Å². The van der Waals surface area contributed by atoms with Crippen LogP contribution in [0.4, 0.5) is 0 Å². The molecule has 0 aromatic heterocycles. The van der Waals surface area contributed by atoms with Crippen molar-refractivity contribution in [1.29, 1.82) is 0 Å². The van der Waals surface area contributed by atoms with Crippen molar-refractivity contribution in [1.82, 2.24) is 4.90 Å². The summed E-state index contributed by atoms with van der Waals surface area (Å²) in [6.07, 6.45) is 10.2. The maximum absolute atomic E-state index is 2.44. The third-order valence-corrected chi connectivity index (χ3v) is 4.82. The van der Waals surface area contributed by atoms with Crippen LogP contribution >= 0.6 is 0 Å². The summed E-state index contributed by atoms with van der Waals surface area (Å²) in [5.41, 5.74) is 3.00. The fraction of sp³-hybridized carbons (Fsp3) is 0.529. The van der Waals surface area contributed by atoms with E-state index in [1.165, 1.54) is 31.2 Å². The van der Waals surface area contributed by atoms with E-state index in [1.54, 1.807) is 5.56 Å². The van der Waals surface area contributed by atoms with E-state index in [0.29, 0.717) is 5.92 Å². The predicted octanol–water partition coefficient (Wildman–Crippen LogP) is 3.92. The summed E-state index contributed by atoms with van der Waals surface area (Å²) in [6.45, 7) is 0. The number of rotatable bonds is 2. The molecular formula is C17H23N. The van der Waals surface area contributed by atoms with Gasteiger partial charge < -0.3 is 4.90 Å². The van der Waals surface area contributed by atoms with Gasteiger partial charge >= 0.3 is 0 Å². The Bertz CT molecular complexity index is 439. The second kappa shape index (κ2) is 4.89. The molecule has 2 aliphatic rings. The Morgan fingerprint density at radius 3 is 2.44 bits per heavy atom. The molecule has 0 N–H and O–H groups in total. The molecule has 0 amide bonds. The monoisotopic (exact) mass is 241 g/mol. The van der Waals surface area contributed by atoms with Crippen molar-refractivity contribution >= 4 is 6.08 Å². The van der Waals surface area contributed by atoms with Crippen molar-refractivity contribution in [2.24, 2.45) is 5.92 Å². The Hall–Kier alpha value is -1.08. The summed E-state index contributed by atoms with van der Waals surface area (Å²) in [4.78, 5) is 2.40. The van der Waals surface area contributed by atoms with E-state index >= 15 is 0 Å². The number of nitrogens with zero attached hydrogens (tertiary/aromatic N) is 1. The van der Waals surface area contributed by atoms with Crippen LogP contribution in [0, 0.1) is 5.92 Å². The smallest absolute Gasteiger partial charge is 0.00893 e. The molecule has 1 fully saturated rings. The zero-order valence-corrected chi connectivity index (χ0v) is 11.5. The van der Waals surface area contributed by atoms with Gasteiger partial charge in [0, 0.05) is 12.0 Å². The quantitative estimate of drug-likeness (QED) is 0.758. The van der Waals surface area contributed by atoms with Crippen LogP contribution in [-0.2, 0) is 0 Å². The average molecular weight is 241 g/mol. The van der Waals surface area contributed by atoms with Crippen molar-refractivity contribution in [2.45, 2.75) is 37.6 Å². The van der Waals surface area contributed by atoms with Crippen LogP contribution in [0.15, 0.2) is 30.3 Å². The summed E-state index contributed by atoms with van der Waals surface area (Å²) >= 11 is 0. The van der Waals surface area contributed by atoms with Gasteiger partial charge in [0.2, 0.25) is 0 Å². The summed E-state index contributed by atoms with van der Waals surface area (Å²) in [6, 6.07) is 9.70. The molecule has 96 valence electrons. The lowest BCUT2D eigenvalue weighted by Crippen LogP contribution is -2.33. The first-order chi connectivity index (χ1) is 8.75. The molecule has 1 saturated carbocycles. The highest BCUT2D eigenvalue weighted by Crippen LogP contribution is 2.42. The summed E-state index contributed by atoms with van der Waals surface area (Å²) in [5.74, 6) is 1.55. The maximum Gasteiger partial charge on any atom is 0.00893 e. The SMILES string of the molecule is CN(C)C1CCC(C2C=Cc3ccccc32)CC1. The fourth-order valence-corrected chi connectivity index (χ4v) is 3.67. The number of fused-ring (bicyclic) bond motifs is 1. The van der Waals surface area contributed by atoms with Gasteiger partial charge in [-0.25, -0.2) is 0 Å². The van der Waals surface area contributed by atoms with E-state index in [1.807, 2.05) is 0 Å². The van der Waals surface area contributed by atoms with Crippen LogP contribution in [0.5, 0.6) is 0 Å². The Kier molecular flexibility index (Phi) is 3.25. The maximum atomic E-state index is 2.44. The van der Waals surface area contributed by atoms with Crippen molar-refractivity contribution in [2.75, 3.05) is 14.1 Å². The highest BCUT2D eigenvalue weighted by atomic mass is 15.1. The van der Waals surface area contributed by atoms with Crippen molar-refractivity contribution in [3.63, 3.8) is 0 Å². The second-order valence-electron chi connectivity index (χ2n) is 6.05. The number of allylic oxidation sites excluding steroid dienone is 1. The molecule has 1 aromatic carbocycles. The van der Waals surface area contributed by atoms with Crippen molar-refractivity contribution in [3.8, 4) is 0 Å². The Morgan fingerprint density at radius 2 is 1.72 bits per heavy atom. The van der Waals surface area contributed by atoms with Crippen LogP contribution in [-0.4, -0.2) is 25.0 Å².